The zero-order valence-corrected chi connectivity index (χ0v) is 12.6. The second kappa shape index (κ2) is 6.41. The first-order chi connectivity index (χ1) is 9.88. The van der Waals surface area contributed by atoms with Crippen LogP contribution in [0.1, 0.15) is 42.7 Å². The molecule has 2 heterocycles. The summed E-state index contributed by atoms with van der Waals surface area (Å²) < 4.78 is 0. The van der Waals surface area contributed by atoms with Crippen LogP contribution in [0.25, 0.3) is 10.7 Å². The molecule has 1 unspecified atom stereocenters. The predicted octanol–water partition coefficient (Wildman–Crippen LogP) is 3.02. The van der Waals surface area contributed by atoms with Gasteiger partial charge in [0, 0.05) is 29.7 Å². The minimum absolute atomic E-state index is 0.562. The maximum atomic E-state index is 4.86. The van der Waals surface area contributed by atoms with Gasteiger partial charge in [0.1, 0.15) is 10.7 Å². The highest BCUT2D eigenvalue weighted by Crippen LogP contribution is 2.37. The van der Waals surface area contributed by atoms with E-state index in [0.717, 1.165) is 30.2 Å². The maximum Gasteiger partial charge on any atom is 0.143 e. The van der Waals surface area contributed by atoms with Crippen molar-refractivity contribution in [2.75, 3.05) is 13.1 Å². The lowest BCUT2D eigenvalue weighted by atomic mass is 9.91. The van der Waals surface area contributed by atoms with Crippen molar-refractivity contribution in [3.05, 3.63) is 29.2 Å². The van der Waals surface area contributed by atoms with Crippen molar-refractivity contribution >= 4 is 11.3 Å². The summed E-state index contributed by atoms with van der Waals surface area (Å²) in [7, 11) is 0. The van der Waals surface area contributed by atoms with Crippen LogP contribution in [0.2, 0.25) is 0 Å². The summed E-state index contributed by atoms with van der Waals surface area (Å²) in [5.74, 6) is 0.562. The minimum atomic E-state index is 0.562. The van der Waals surface area contributed by atoms with E-state index in [4.69, 9.17) is 4.98 Å². The van der Waals surface area contributed by atoms with E-state index in [2.05, 4.69) is 22.2 Å². The van der Waals surface area contributed by atoms with Gasteiger partial charge in [-0.3, -0.25) is 9.97 Å². The van der Waals surface area contributed by atoms with Gasteiger partial charge in [-0.05, 0) is 32.2 Å². The van der Waals surface area contributed by atoms with E-state index in [9.17, 15) is 0 Å². The molecular formula is C15H20N4S. The minimum Gasteiger partial charge on any atom is -0.316 e. The highest BCUT2D eigenvalue weighted by Gasteiger charge is 2.25. The van der Waals surface area contributed by atoms with E-state index in [1.165, 1.54) is 29.8 Å². The Hall–Kier alpha value is -1.33. The van der Waals surface area contributed by atoms with Crippen molar-refractivity contribution in [1.82, 2.24) is 20.3 Å². The molecule has 1 atom stereocenters. The number of thiazole rings is 1. The first-order valence-corrected chi connectivity index (χ1v) is 8.17. The lowest BCUT2D eigenvalue weighted by molar-refractivity contribution is 0.502. The van der Waals surface area contributed by atoms with Crippen LogP contribution < -0.4 is 5.32 Å². The van der Waals surface area contributed by atoms with Crippen LogP contribution in [-0.4, -0.2) is 28.0 Å². The van der Waals surface area contributed by atoms with E-state index in [0.29, 0.717) is 5.92 Å². The molecule has 0 saturated heterocycles. The molecule has 4 nitrogen and oxygen atoms in total. The molecule has 1 N–H and O–H groups in total. The molecular weight excluding hydrogens is 268 g/mol. The Bertz CT molecular complexity index is 552. The first kappa shape index (κ1) is 13.6. The van der Waals surface area contributed by atoms with Crippen molar-refractivity contribution in [3.63, 3.8) is 0 Å². The smallest absolute Gasteiger partial charge is 0.143 e. The lowest BCUT2D eigenvalue weighted by Gasteiger charge is -2.21. The van der Waals surface area contributed by atoms with Gasteiger partial charge in [0.05, 0.1) is 11.9 Å². The van der Waals surface area contributed by atoms with Crippen LogP contribution >= 0.6 is 11.3 Å². The first-order valence-electron chi connectivity index (χ1n) is 7.35. The molecule has 0 amide bonds. The molecule has 0 radical (unpaired) electrons. The number of hydrogen-bond donors (Lipinski definition) is 1. The molecule has 1 aliphatic carbocycles. The zero-order chi connectivity index (χ0) is 13.8. The molecule has 0 saturated carbocycles. The Balaban J connectivity index is 1.81. The molecule has 0 bridgehead atoms. The summed E-state index contributed by atoms with van der Waals surface area (Å²) in [6.07, 6.45) is 10.1. The molecule has 0 spiro atoms. The highest BCUT2D eigenvalue weighted by atomic mass is 32.1. The van der Waals surface area contributed by atoms with Crippen LogP contribution in [0.4, 0.5) is 0 Å². The number of nitrogens with zero attached hydrogens (tertiary/aromatic N) is 3. The monoisotopic (exact) mass is 288 g/mol. The van der Waals surface area contributed by atoms with E-state index < -0.39 is 0 Å². The van der Waals surface area contributed by atoms with Crippen LogP contribution in [0.3, 0.4) is 0 Å². The van der Waals surface area contributed by atoms with Crippen LogP contribution in [0.15, 0.2) is 18.6 Å². The van der Waals surface area contributed by atoms with Gasteiger partial charge in [-0.25, -0.2) is 4.98 Å². The number of hydrogen-bond acceptors (Lipinski definition) is 5. The second-order valence-corrected chi connectivity index (χ2v) is 6.29. The predicted molar refractivity (Wildman–Crippen MR) is 82.0 cm³/mol. The second-order valence-electron chi connectivity index (χ2n) is 5.21. The standard InChI is InChI=1S/C15H20N4S/c1-2-6-16-9-11-4-3-5-13-14(11)19-15(20-13)12-10-17-7-8-18-12/h7-8,10-11,16H,2-6,9H2,1H3. The fourth-order valence-electron chi connectivity index (χ4n) is 2.68. The molecule has 0 fully saturated rings. The van der Waals surface area contributed by atoms with Crippen LogP contribution in [0.5, 0.6) is 0 Å². The third-order valence-corrected chi connectivity index (χ3v) is 4.82. The van der Waals surface area contributed by atoms with E-state index in [1.807, 2.05) is 0 Å². The van der Waals surface area contributed by atoms with Crippen molar-refractivity contribution in [3.8, 4) is 10.7 Å². The van der Waals surface area contributed by atoms with Gasteiger partial charge >= 0.3 is 0 Å². The maximum absolute atomic E-state index is 4.86. The lowest BCUT2D eigenvalue weighted by Crippen LogP contribution is -2.24. The Morgan fingerprint density at radius 3 is 3.15 bits per heavy atom. The zero-order valence-electron chi connectivity index (χ0n) is 11.8. The quantitative estimate of drug-likeness (QED) is 0.859. The summed E-state index contributed by atoms with van der Waals surface area (Å²) in [5, 5.41) is 4.55. The van der Waals surface area contributed by atoms with Crippen molar-refractivity contribution in [2.24, 2.45) is 0 Å². The summed E-state index contributed by atoms with van der Waals surface area (Å²) in [4.78, 5) is 14.8. The van der Waals surface area contributed by atoms with E-state index in [-0.39, 0.29) is 0 Å². The number of nitrogens with one attached hydrogen (secondary N) is 1. The van der Waals surface area contributed by atoms with Crippen molar-refractivity contribution in [1.29, 1.82) is 0 Å². The van der Waals surface area contributed by atoms with E-state index >= 15 is 0 Å². The third kappa shape index (κ3) is 2.88. The largest absolute Gasteiger partial charge is 0.316 e. The Morgan fingerprint density at radius 1 is 1.40 bits per heavy atom. The fourth-order valence-corrected chi connectivity index (χ4v) is 3.83. The average molecular weight is 288 g/mol. The van der Waals surface area contributed by atoms with Crippen LogP contribution in [0, 0.1) is 0 Å². The molecule has 2 aromatic rings. The average Bonchev–Trinajstić information content (AvgIpc) is 2.93. The number of rotatable bonds is 5. The normalized spacial score (nSPS) is 17.9. The molecule has 3 rings (SSSR count). The topological polar surface area (TPSA) is 50.7 Å². The Labute approximate surface area is 123 Å². The van der Waals surface area contributed by atoms with Gasteiger partial charge in [-0.15, -0.1) is 11.3 Å². The van der Waals surface area contributed by atoms with E-state index in [1.54, 1.807) is 29.9 Å². The summed E-state index contributed by atoms with van der Waals surface area (Å²) >= 11 is 1.79. The van der Waals surface area contributed by atoms with Gasteiger partial charge in [0.2, 0.25) is 0 Å². The van der Waals surface area contributed by atoms with Gasteiger partial charge in [-0.2, -0.15) is 0 Å². The molecule has 20 heavy (non-hydrogen) atoms. The van der Waals surface area contributed by atoms with Gasteiger partial charge < -0.3 is 5.32 Å². The van der Waals surface area contributed by atoms with Crippen molar-refractivity contribution < 1.29 is 0 Å². The van der Waals surface area contributed by atoms with Crippen molar-refractivity contribution in [2.45, 2.75) is 38.5 Å². The molecule has 0 aromatic carbocycles. The fraction of sp³-hybridized carbons (Fsp3) is 0.533. The number of aromatic nitrogens is 3. The third-order valence-electron chi connectivity index (χ3n) is 3.67. The van der Waals surface area contributed by atoms with Gasteiger partial charge in [0.15, 0.2) is 0 Å². The van der Waals surface area contributed by atoms with Gasteiger partial charge in [0.25, 0.3) is 0 Å². The number of fused-ring (bicyclic) bond motifs is 1. The molecule has 5 heteroatoms. The molecule has 2 aromatic heterocycles. The SMILES string of the molecule is CCCNCC1CCCc2sc(-c3cnccn3)nc21. The highest BCUT2D eigenvalue weighted by molar-refractivity contribution is 7.15. The number of aryl methyl sites for hydroxylation is 1. The molecule has 106 valence electrons. The molecule has 0 aliphatic heterocycles. The summed E-state index contributed by atoms with van der Waals surface area (Å²) in [6, 6.07) is 0. The van der Waals surface area contributed by atoms with Gasteiger partial charge in [-0.1, -0.05) is 6.92 Å². The Kier molecular flexibility index (Phi) is 4.38. The Morgan fingerprint density at radius 2 is 2.35 bits per heavy atom. The van der Waals surface area contributed by atoms with Crippen LogP contribution in [-0.2, 0) is 6.42 Å². The molecule has 1 aliphatic rings. The summed E-state index contributed by atoms with van der Waals surface area (Å²) in [5.41, 5.74) is 2.19. The summed E-state index contributed by atoms with van der Waals surface area (Å²) in [6.45, 7) is 4.34.